The van der Waals surface area contributed by atoms with Gasteiger partial charge in [-0.15, -0.1) is 0 Å². The monoisotopic (exact) mass is 675 g/mol. The molecular weight excluding hydrogens is 639 g/mol. The second-order valence-electron chi connectivity index (χ2n) is 14.2. The van der Waals surface area contributed by atoms with Crippen LogP contribution < -0.4 is 4.90 Å². The van der Waals surface area contributed by atoms with Gasteiger partial charge in [0.15, 0.2) is 0 Å². The topological polar surface area (TPSA) is 3.24 Å². The third-order valence-corrected chi connectivity index (χ3v) is 11.3. The predicted octanol–water partition coefficient (Wildman–Crippen LogP) is 14.1. The maximum atomic E-state index is 2.46. The second kappa shape index (κ2) is 12.5. The van der Waals surface area contributed by atoms with E-state index >= 15 is 0 Å². The first-order chi connectivity index (χ1) is 26.2. The molecule has 0 aliphatic heterocycles. The van der Waals surface area contributed by atoms with Crippen molar-refractivity contribution < 1.29 is 0 Å². The highest BCUT2D eigenvalue weighted by molar-refractivity contribution is 6.03. The van der Waals surface area contributed by atoms with Crippen LogP contribution in [0, 0.1) is 0 Å². The lowest BCUT2D eigenvalue weighted by atomic mass is 9.74. The average Bonchev–Trinajstić information content (AvgIpc) is 3.50. The van der Waals surface area contributed by atoms with E-state index in [0.29, 0.717) is 0 Å². The molecule has 0 bridgehead atoms. The van der Waals surface area contributed by atoms with E-state index in [9.17, 15) is 0 Å². The Hall–Kier alpha value is -6.70. The minimum Gasteiger partial charge on any atom is -0.309 e. The van der Waals surface area contributed by atoms with Crippen LogP contribution in [0.2, 0.25) is 0 Å². The molecular formula is C52H37N. The number of para-hydroxylation sites is 1. The maximum Gasteiger partial charge on any atom is 0.0540 e. The Labute approximate surface area is 311 Å². The van der Waals surface area contributed by atoms with Gasteiger partial charge in [0.25, 0.3) is 0 Å². The van der Waals surface area contributed by atoms with E-state index in [1.807, 2.05) is 0 Å². The first-order valence-corrected chi connectivity index (χ1v) is 18.4. The van der Waals surface area contributed by atoms with Crippen molar-refractivity contribution in [2.45, 2.75) is 12.3 Å². The minimum atomic E-state index is -0.272. The van der Waals surface area contributed by atoms with Crippen LogP contribution in [0.5, 0.6) is 0 Å². The SMILES string of the molecule is CC1(c2ccccc2)c2ccccc2-c2c(-c3ccccc3N(c3ccc(-c4ccc5ccccc5c4)cc3)c3cccc4ccccc34)cccc21. The van der Waals surface area contributed by atoms with E-state index in [1.165, 1.54) is 71.6 Å². The zero-order valence-corrected chi connectivity index (χ0v) is 29.6. The standard InChI is InChI=1S/C52H37N/c1-52(41-19-3-2-4-20-41)47-25-11-9-23-46(47)51-45(24-14-26-48(51)52)44-22-10-12-27-50(44)53(49-28-13-18-38-16-7-8-21-43(38)49)42-33-31-37(32-34-42)40-30-29-36-15-5-6-17-39(36)35-40/h2-35H,1H3. The van der Waals surface area contributed by atoms with Crippen molar-refractivity contribution in [2.24, 2.45) is 0 Å². The van der Waals surface area contributed by atoms with Gasteiger partial charge in [-0.3, -0.25) is 0 Å². The summed E-state index contributed by atoms with van der Waals surface area (Å²) in [6.07, 6.45) is 0. The zero-order chi connectivity index (χ0) is 35.4. The van der Waals surface area contributed by atoms with Crippen molar-refractivity contribution in [3.05, 3.63) is 223 Å². The number of hydrogen-bond donors (Lipinski definition) is 0. The van der Waals surface area contributed by atoms with Crippen molar-refractivity contribution in [3.63, 3.8) is 0 Å². The van der Waals surface area contributed by atoms with Gasteiger partial charge in [-0.25, -0.2) is 0 Å². The van der Waals surface area contributed by atoms with Crippen molar-refractivity contribution in [3.8, 4) is 33.4 Å². The van der Waals surface area contributed by atoms with Crippen molar-refractivity contribution in [2.75, 3.05) is 4.90 Å². The van der Waals surface area contributed by atoms with Crippen molar-refractivity contribution in [1.82, 2.24) is 0 Å². The van der Waals surface area contributed by atoms with Crippen LogP contribution in [0.4, 0.5) is 17.1 Å². The van der Waals surface area contributed by atoms with Crippen molar-refractivity contribution >= 4 is 38.6 Å². The lowest BCUT2D eigenvalue weighted by molar-refractivity contribution is 0.714. The molecule has 0 saturated heterocycles. The van der Waals surface area contributed by atoms with Gasteiger partial charge >= 0.3 is 0 Å². The molecule has 250 valence electrons. The second-order valence-corrected chi connectivity index (χ2v) is 14.2. The fourth-order valence-corrected chi connectivity index (χ4v) is 8.73. The van der Waals surface area contributed by atoms with E-state index in [4.69, 9.17) is 0 Å². The molecule has 1 heteroatoms. The summed E-state index contributed by atoms with van der Waals surface area (Å²) in [7, 11) is 0. The van der Waals surface area contributed by atoms with Gasteiger partial charge in [0.1, 0.15) is 0 Å². The summed E-state index contributed by atoms with van der Waals surface area (Å²) in [6, 6.07) is 75.5. The summed E-state index contributed by atoms with van der Waals surface area (Å²) in [4.78, 5) is 2.46. The Bertz CT molecular complexity index is 2790. The highest BCUT2D eigenvalue weighted by Crippen LogP contribution is 2.56. The van der Waals surface area contributed by atoms with Gasteiger partial charge in [0.2, 0.25) is 0 Å². The first-order valence-electron chi connectivity index (χ1n) is 18.4. The van der Waals surface area contributed by atoms with Crippen LogP contribution in [-0.4, -0.2) is 0 Å². The fourth-order valence-electron chi connectivity index (χ4n) is 8.73. The number of fused-ring (bicyclic) bond motifs is 5. The molecule has 9 aromatic rings. The van der Waals surface area contributed by atoms with Crippen LogP contribution in [0.15, 0.2) is 206 Å². The predicted molar refractivity (Wildman–Crippen MR) is 224 cm³/mol. The number of nitrogens with zero attached hydrogens (tertiary/aromatic N) is 1. The molecule has 0 fully saturated rings. The molecule has 0 saturated carbocycles. The molecule has 0 amide bonds. The molecule has 1 nitrogen and oxygen atoms in total. The molecule has 0 N–H and O–H groups in total. The third kappa shape index (κ3) is 5.00. The highest BCUT2D eigenvalue weighted by Gasteiger charge is 2.41. The first kappa shape index (κ1) is 31.1. The Morgan fingerprint density at radius 3 is 1.81 bits per heavy atom. The van der Waals surface area contributed by atoms with Gasteiger partial charge in [0, 0.05) is 22.1 Å². The fraction of sp³-hybridized carbons (Fsp3) is 0.0385. The van der Waals surface area contributed by atoms with Gasteiger partial charge in [-0.2, -0.15) is 0 Å². The molecule has 0 heterocycles. The van der Waals surface area contributed by atoms with Crippen LogP contribution in [0.1, 0.15) is 23.6 Å². The third-order valence-electron chi connectivity index (χ3n) is 11.3. The maximum absolute atomic E-state index is 2.46. The van der Waals surface area contributed by atoms with E-state index < -0.39 is 0 Å². The Kier molecular flexibility index (Phi) is 7.33. The van der Waals surface area contributed by atoms with Gasteiger partial charge in [0.05, 0.1) is 11.4 Å². The summed E-state index contributed by atoms with van der Waals surface area (Å²) in [5.74, 6) is 0. The largest absolute Gasteiger partial charge is 0.309 e. The average molecular weight is 676 g/mol. The summed E-state index contributed by atoms with van der Waals surface area (Å²) in [6.45, 7) is 2.39. The number of anilines is 3. The molecule has 1 aliphatic rings. The molecule has 10 rings (SSSR count). The Balaban J connectivity index is 1.18. The number of hydrogen-bond acceptors (Lipinski definition) is 1. The van der Waals surface area contributed by atoms with Crippen molar-refractivity contribution in [1.29, 1.82) is 0 Å². The summed E-state index contributed by atoms with van der Waals surface area (Å²) in [5.41, 5.74) is 14.6. The number of benzene rings is 9. The van der Waals surface area contributed by atoms with Gasteiger partial charge < -0.3 is 4.90 Å². The molecule has 9 aromatic carbocycles. The Morgan fingerprint density at radius 1 is 0.377 bits per heavy atom. The molecule has 0 aromatic heterocycles. The minimum absolute atomic E-state index is 0.272. The highest BCUT2D eigenvalue weighted by atomic mass is 15.1. The molecule has 1 unspecified atom stereocenters. The normalized spacial score (nSPS) is 14.6. The van der Waals surface area contributed by atoms with Gasteiger partial charge in [-0.1, -0.05) is 176 Å². The Morgan fingerprint density at radius 2 is 0.962 bits per heavy atom. The van der Waals surface area contributed by atoms with Crippen LogP contribution >= 0.6 is 0 Å². The van der Waals surface area contributed by atoms with E-state index in [-0.39, 0.29) is 5.41 Å². The quantitative estimate of drug-likeness (QED) is 0.170. The zero-order valence-electron chi connectivity index (χ0n) is 29.6. The molecule has 0 spiro atoms. The molecule has 1 atom stereocenters. The van der Waals surface area contributed by atoms with Gasteiger partial charge in [-0.05, 0) is 97.9 Å². The smallest absolute Gasteiger partial charge is 0.0540 e. The van der Waals surface area contributed by atoms with Crippen LogP contribution in [0.25, 0.3) is 54.9 Å². The molecule has 53 heavy (non-hydrogen) atoms. The van der Waals surface area contributed by atoms with Crippen LogP contribution in [-0.2, 0) is 5.41 Å². The van der Waals surface area contributed by atoms with E-state index in [0.717, 1.165) is 17.1 Å². The van der Waals surface area contributed by atoms with E-state index in [2.05, 4.69) is 218 Å². The lowest BCUT2D eigenvalue weighted by Crippen LogP contribution is -2.22. The summed E-state index contributed by atoms with van der Waals surface area (Å²) >= 11 is 0. The lowest BCUT2D eigenvalue weighted by Gasteiger charge is -2.30. The van der Waals surface area contributed by atoms with Crippen LogP contribution in [0.3, 0.4) is 0 Å². The van der Waals surface area contributed by atoms with E-state index in [1.54, 1.807) is 0 Å². The summed E-state index contributed by atoms with van der Waals surface area (Å²) in [5, 5.41) is 4.93. The summed E-state index contributed by atoms with van der Waals surface area (Å²) < 4.78 is 0. The molecule has 1 aliphatic carbocycles. The number of rotatable bonds is 6. The molecule has 0 radical (unpaired) electrons.